The summed E-state index contributed by atoms with van der Waals surface area (Å²) in [6, 6.07) is 0. The van der Waals surface area contributed by atoms with Gasteiger partial charge >= 0.3 is 11.9 Å². The van der Waals surface area contributed by atoms with Crippen molar-refractivity contribution >= 4 is 48.4 Å². The molecule has 43 heavy (non-hydrogen) atoms. The summed E-state index contributed by atoms with van der Waals surface area (Å²) in [7, 11) is 0. The molecule has 4 aromatic heterocycles. The van der Waals surface area contributed by atoms with Gasteiger partial charge in [0.25, 0.3) is 0 Å². The molecule has 0 fully saturated rings. The van der Waals surface area contributed by atoms with E-state index >= 15 is 0 Å². The SMILES string of the molecule is C=Cc1c2[n-]c(c1C)/C=c1\[n-]/c(c(C)c1C=C)=C\c1[n-]c(c(CCC(=O)O)c1C)/C=c1\[n-]/c(c(C)c1CCC(=O)O)=C\2.[Cu]. The summed E-state index contributed by atoms with van der Waals surface area (Å²) < 4.78 is 0. The Morgan fingerprint density at radius 2 is 1.09 bits per heavy atom. The molecule has 5 heterocycles. The van der Waals surface area contributed by atoms with Crippen LogP contribution in [0.3, 0.4) is 0 Å². The number of aliphatic carboxylic acids is 2. The largest absolute Gasteiger partial charge is 0.657 e. The maximum atomic E-state index is 11.5. The Hall–Kier alpha value is -4.46. The Morgan fingerprint density at radius 1 is 0.605 bits per heavy atom. The molecular weight excluding hydrogens is 592 g/mol. The summed E-state index contributed by atoms with van der Waals surface area (Å²) in [5.74, 6) is -1.80. The number of carboxylic acids is 2. The summed E-state index contributed by atoms with van der Waals surface area (Å²) in [5.41, 5.74) is 9.84. The average Bonchev–Trinajstić information content (AvgIpc) is 3.59. The van der Waals surface area contributed by atoms with Crippen molar-refractivity contribution < 1.29 is 36.9 Å². The summed E-state index contributed by atoms with van der Waals surface area (Å²) in [6.45, 7) is 15.9. The number of hydrogen-bond donors (Lipinski definition) is 2. The molecule has 0 atom stereocenters. The molecule has 0 amide bonds. The second kappa shape index (κ2) is 12.4. The van der Waals surface area contributed by atoms with Crippen LogP contribution in [0.5, 0.6) is 0 Å². The molecule has 227 valence electrons. The van der Waals surface area contributed by atoms with Crippen molar-refractivity contribution in [1.82, 2.24) is 19.9 Å². The number of hydrogen-bond acceptors (Lipinski definition) is 2. The molecule has 1 aliphatic rings. The fraction of sp³-hybridized carbons (Fsp3) is 0.235. The van der Waals surface area contributed by atoms with E-state index in [2.05, 4.69) is 13.2 Å². The third-order valence-electron chi connectivity index (χ3n) is 8.06. The van der Waals surface area contributed by atoms with Gasteiger partial charge in [-0.1, -0.05) is 83.0 Å². The van der Waals surface area contributed by atoms with Gasteiger partial charge in [-0.2, -0.15) is 0 Å². The average molecular weight is 624 g/mol. The molecule has 9 heteroatoms. The zero-order chi connectivity index (χ0) is 30.3. The minimum absolute atomic E-state index is 0. The van der Waals surface area contributed by atoms with Crippen molar-refractivity contribution in [2.75, 3.05) is 0 Å². The van der Waals surface area contributed by atoms with Crippen LogP contribution in [0.1, 0.15) is 80.1 Å². The first-order valence-corrected chi connectivity index (χ1v) is 13.8. The molecular formula is C34H32CuN4O4-4. The van der Waals surface area contributed by atoms with Gasteiger partial charge in [0.05, 0.1) is 0 Å². The molecule has 0 unspecified atom stereocenters. The normalized spacial score (nSPS) is 15.0. The molecule has 2 N–H and O–H groups in total. The second-order valence-electron chi connectivity index (χ2n) is 10.6. The predicted molar refractivity (Wildman–Crippen MR) is 163 cm³/mol. The standard InChI is InChI=1S/C34H32N4O4.Cu/c1-7-21-17(3)25-13-26-19(5)23(9-11-33(39)40)31(37-26)16-32-24(10-12-34(41)42)20(6)28(38-32)15-30-22(8-2)18(4)27(36-30)14-29(21)35-25;/h7-8,13-16H,1-2,9-12H2,3-6H3,(H,39,40)(H,41,42);/q-4;/b25-13-,26-13?,27-14?,28-15-,29-14-,30-15?,31-16?,32-16-;. The van der Waals surface area contributed by atoms with E-state index < -0.39 is 11.9 Å². The molecule has 0 aliphatic carbocycles. The minimum Gasteiger partial charge on any atom is -0.657 e. The fourth-order valence-electron chi connectivity index (χ4n) is 5.61. The van der Waals surface area contributed by atoms with Crippen LogP contribution in [0.2, 0.25) is 0 Å². The van der Waals surface area contributed by atoms with Gasteiger partial charge in [-0.05, 0) is 51.7 Å². The number of carboxylic acid groups (broad SMARTS) is 2. The van der Waals surface area contributed by atoms with E-state index in [1.165, 1.54) is 0 Å². The number of carbonyl (C=O) groups is 2. The van der Waals surface area contributed by atoms with E-state index in [9.17, 15) is 19.8 Å². The Balaban J connectivity index is 0.00000423. The molecule has 4 aromatic rings. The summed E-state index contributed by atoms with van der Waals surface area (Å²) in [4.78, 5) is 42.7. The number of nitrogens with zero attached hydrogens (tertiary/aromatic N) is 4. The van der Waals surface area contributed by atoms with Crippen molar-refractivity contribution in [1.29, 1.82) is 0 Å². The molecule has 0 saturated carbocycles. The maximum Gasteiger partial charge on any atom is 0.303 e. The zero-order valence-electron chi connectivity index (χ0n) is 24.5. The van der Waals surface area contributed by atoms with Crippen molar-refractivity contribution in [3.8, 4) is 0 Å². The quantitative estimate of drug-likeness (QED) is 0.250. The smallest absolute Gasteiger partial charge is 0.303 e. The summed E-state index contributed by atoms with van der Waals surface area (Å²) in [5, 5.41) is 21.7. The van der Waals surface area contributed by atoms with Crippen LogP contribution in [0, 0.1) is 27.7 Å². The van der Waals surface area contributed by atoms with Crippen LogP contribution >= 0.6 is 0 Å². The van der Waals surface area contributed by atoms with E-state index in [0.717, 1.165) is 60.9 Å². The van der Waals surface area contributed by atoms with Gasteiger partial charge < -0.3 is 30.1 Å². The van der Waals surface area contributed by atoms with Crippen LogP contribution < -0.4 is 41.3 Å². The van der Waals surface area contributed by atoms with E-state index in [4.69, 9.17) is 19.9 Å². The van der Waals surface area contributed by atoms with Crippen LogP contribution in [0.25, 0.3) is 36.5 Å². The van der Waals surface area contributed by atoms with Crippen molar-refractivity contribution in [3.63, 3.8) is 0 Å². The molecule has 8 nitrogen and oxygen atoms in total. The first-order valence-electron chi connectivity index (χ1n) is 13.8. The maximum absolute atomic E-state index is 11.5. The molecule has 5 rings (SSSR count). The van der Waals surface area contributed by atoms with Gasteiger partial charge in [-0.25, -0.2) is 0 Å². The predicted octanol–water partition coefficient (Wildman–Crippen LogP) is 1.70. The molecule has 1 aliphatic heterocycles. The molecule has 8 bridgehead atoms. The molecule has 1 radical (unpaired) electrons. The summed E-state index contributed by atoms with van der Waals surface area (Å²) in [6.07, 6.45) is 11.7. The van der Waals surface area contributed by atoms with Crippen molar-refractivity contribution in [2.45, 2.75) is 53.4 Å². The third-order valence-corrected chi connectivity index (χ3v) is 8.06. The Bertz CT molecular complexity index is 2030. The van der Waals surface area contributed by atoms with E-state index in [1.54, 1.807) is 12.2 Å². The van der Waals surface area contributed by atoms with Crippen molar-refractivity contribution in [2.24, 2.45) is 0 Å². The second-order valence-corrected chi connectivity index (χ2v) is 10.6. The topological polar surface area (TPSA) is 131 Å². The van der Waals surface area contributed by atoms with Gasteiger partial charge in [0.2, 0.25) is 0 Å². The number of rotatable bonds is 8. The molecule has 0 saturated heterocycles. The molecule has 0 aromatic carbocycles. The first kappa shape index (κ1) is 31.5. The van der Waals surface area contributed by atoms with Crippen molar-refractivity contribution in [3.05, 3.63) is 102 Å². The van der Waals surface area contributed by atoms with Crippen LogP contribution in [-0.4, -0.2) is 22.2 Å². The Labute approximate surface area is 259 Å². The molecule has 0 spiro atoms. The van der Waals surface area contributed by atoms with Gasteiger partial charge in [0.1, 0.15) is 0 Å². The fourth-order valence-corrected chi connectivity index (χ4v) is 5.61. The minimum atomic E-state index is -0.898. The van der Waals surface area contributed by atoms with Gasteiger partial charge in [0, 0.05) is 29.9 Å². The van der Waals surface area contributed by atoms with Gasteiger partial charge in [-0.3, -0.25) is 9.59 Å². The van der Waals surface area contributed by atoms with Crippen LogP contribution in [0.4, 0.5) is 0 Å². The van der Waals surface area contributed by atoms with E-state index in [-0.39, 0.29) is 29.9 Å². The van der Waals surface area contributed by atoms with E-state index in [1.807, 2.05) is 52.0 Å². The van der Waals surface area contributed by atoms with Gasteiger partial charge in [0.15, 0.2) is 0 Å². The number of aromatic nitrogens is 4. The first-order chi connectivity index (χ1) is 20.0. The Kier molecular flexibility index (Phi) is 9.09. The van der Waals surface area contributed by atoms with Gasteiger partial charge in [-0.15, -0.1) is 44.2 Å². The third kappa shape index (κ3) is 5.91. The number of fused-ring (bicyclic) bond motifs is 8. The van der Waals surface area contributed by atoms with Crippen LogP contribution in [0.15, 0.2) is 13.2 Å². The zero-order valence-corrected chi connectivity index (χ0v) is 25.4. The van der Waals surface area contributed by atoms with E-state index in [0.29, 0.717) is 40.6 Å². The van der Waals surface area contributed by atoms with Crippen LogP contribution in [-0.2, 0) is 39.5 Å². The monoisotopic (exact) mass is 623 g/mol. The Morgan fingerprint density at radius 3 is 1.72 bits per heavy atom. The summed E-state index contributed by atoms with van der Waals surface area (Å²) >= 11 is 0.